The summed E-state index contributed by atoms with van der Waals surface area (Å²) in [4.78, 5) is 16.2. The lowest BCUT2D eigenvalue weighted by Crippen LogP contribution is -2.41. The van der Waals surface area contributed by atoms with E-state index in [1.165, 1.54) is 6.26 Å². The average Bonchev–Trinajstić information content (AvgIpc) is 3.31. The molecule has 1 saturated heterocycles. The van der Waals surface area contributed by atoms with Crippen molar-refractivity contribution in [2.45, 2.75) is 25.9 Å². The van der Waals surface area contributed by atoms with E-state index in [1.807, 2.05) is 6.92 Å². The van der Waals surface area contributed by atoms with Crippen molar-refractivity contribution in [1.82, 2.24) is 16.0 Å². The van der Waals surface area contributed by atoms with Crippen molar-refractivity contribution in [3.63, 3.8) is 0 Å². The van der Waals surface area contributed by atoms with Crippen molar-refractivity contribution < 1.29 is 18.7 Å². The number of rotatable bonds is 10. The second kappa shape index (κ2) is 11.5. The molecule has 8 heteroatoms. The van der Waals surface area contributed by atoms with E-state index < -0.39 is 0 Å². The molecule has 1 atom stereocenters. The first-order valence-electron chi connectivity index (χ1n) is 8.83. The standard InChI is InChI=1S/C17H28N4O4/c1-2-18-17(20-7-4-11-24-14-6-12-23-13-14)21-9-8-19-16(22)15-5-3-10-25-15/h3,5,10,14H,2,4,6-9,11-13H2,1H3,(H,19,22)(H2,18,20,21). The van der Waals surface area contributed by atoms with Gasteiger partial charge in [0, 0.05) is 39.4 Å². The Labute approximate surface area is 148 Å². The SMILES string of the molecule is CCNC(=NCCCOC1CCOC1)NCCNC(=O)c1ccco1. The highest BCUT2D eigenvalue weighted by atomic mass is 16.5. The van der Waals surface area contributed by atoms with E-state index >= 15 is 0 Å². The summed E-state index contributed by atoms with van der Waals surface area (Å²) in [6.07, 6.45) is 3.57. The minimum atomic E-state index is -0.221. The summed E-state index contributed by atoms with van der Waals surface area (Å²) in [5, 5.41) is 9.14. The lowest BCUT2D eigenvalue weighted by molar-refractivity contribution is 0.0424. The fourth-order valence-corrected chi connectivity index (χ4v) is 2.34. The summed E-state index contributed by atoms with van der Waals surface area (Å²) in [6.45, 7) is 6.73. The van der Waals surface area contributed by atoms with Crippen LogP contribution >= 0.6 is 0 Å². The zero-order valence-electron chi connectivity index (χ0n) is 14.8. The van der Waals surface area contributed by atoms with E-state index in [0.717, 1.165) is 32.0 Å². The van der Waals surface area contributed by atoms with E-state index in [4.69, 9.17) is 13.9 Å². The first-order chi connectivity index (χ1) is 12.3. The molecule has 0 spiro atoms. The van der Waals surface area contributed by atoms with Crippen molar-refractivity contribution >= 4 is 11.9 Å². The number of aliphatic imine (C=N–C) groups is 1. The van der Waals surface area contributed by atoms with E-state index in [-0.39, 0.29) is 12.0 Å². The fraction of sp³-hybridized carbons (Fsp3) is 0.647. The van der Waals surface area contributed by atoms with Crippen LogP contribution in [-0.2, 0) is 9.47 Å². The first kappa shape index (κ1) is 19.3. The average molecular weight is 352 g/mol. The molecule has 2 heterocycles. The van der Waals surface area contributed by atoms with Crippen LogP contribution < -0.4 is 16.0 Å². The Kier molecular flexibility index (Phi) is 8.85. The zero-order chi connectivity index (χ0) is 17.7. The molecule has 1 fully saturated rings. The summed E-state index contributed by atoms with van der Waals surface area (Å²) < 4.78 is 16.0. The quantitative estimate of drug-likeness (QED) is 0.327. The molecule has 0 bridgehead atoms. The molecule has 0 aromatic carbocycles. The monoisotopic (exact) mass is 352 g/mol. The van der Waals surface area contributed by atoms with Crippen LogP contribution in [0.5, 0.6) is 0 Å². The van der Waals surface area contributed by atoms with Gasteiger partial charge < -0.3 is 29.8 Å². The summed E-state index contributed by atoms with van der Waals surface area (Å²) in [7, 11) is 0. The van der Waals surface area contributed by atoms with Gasteiger partial charge in [-0.05, 0) is 31.9 Å². The number of furan rings is 1. The Bertz CT molecular complexity index is 513. The number of hydrogen-bond donors (Lipinski definition) is 3. The number of carbonyl (C=O) groups is 1. The van der Waals surface area contributed by atoms with E-state index in [1.54, 1.807) is 12.1 Å². The van der Waals surface area contributed by atoms with Crippen LogP contribution in [0.1, 0.15) is 30.3 Å². The second-order valence-electron chi connectivity index (χ2n) is 5.63. The maximum atomic E-state index is 11.7. The van der Waals surface area contributed by atoms with E-state index in [9.17, 15) is 4.79 Å². The zero-order valence-corrected chi connectivity index (χ0v) is 14.8. The van der Waals surface area contributed by atoms with Crippen LogP contribution in [0.15, 0.2) is 27.8 Å². The summed E-state index contributed by atoms with van der Waals surface area (Å²) in [5.74, 6) is 0.828. The second-order valence-corrected chi connectivity index (χ2v) is 5.63. The van der Waals surface area contributed by atoms with Gasteiger partial charge in [0.05, 0.1) is 19.0 Å². The minimum Gasteiger partial charge on any atom is -0.459 e. The molecule has 1 aliphatic rings. The van der Waals surface area contributed by atoms with Crippen molar-refractivity contribution in [2.75, 3.05) is 46.0 Å². The third-order valence-electron chi connectivity index (χ3n) is 3.61. The first-order valence-corrected chi connectivity index (χ1v) is 8.83. The van der Waals surface area contributed by atoms with Crippen LogP contribution in [0.2, 0.25) is 0 Å². The van der Waals surface area contributed by atoms with Gasteiger partial charge in [0.1, 0.15) is 0 Å². The van der Waals surface area contributed by atoms with Gasteiger partial charge in [-0.25, -0.2) is 0 Å². The van der Waals surface area contributed by atoms with Gasteiger partial charge in [-0.2, -0.15) is 0 Å². The van der Waals surface area contributed by atoms with Crippen LogP contribution in [0.3, 0.4) is 0 Å². The third kappa shape index (κ3) is 7.57. The predicted octanol–water partition coefficient (Wildman–Crippen LogP) is 0.760. The lowest BCUT2D eigenvalue weighted by Gasteiger charge is -2.12. The largest absolute Gasteiger partial charge is 0.459 e. The molecular weight excluding hydrogens is 324 g/mol. The van der Waals surface area contributed by atoms with E-state index in [0.29, 0.717) is 38.6 Å². The third-order valence-corrected chi connectivity index (χ3v) is 3.61. The predicted molar refractivity (Wildman–Crippen MR) is 94.8 cm³/mol. The van der Waals surface area contributed by atoms with Gasteiger partial charge in [-0.1, -0.05) is 0 Å². The van der Waals surface area contributed by atoms with E-state index in [2.05, 4.69) is 20.9 Å². The molecule has 140 valence electrons. The van der Waals surface area contributed by atoms with Crippen LogP contribution in [0.25, 0.3) is 0 Å². The Morgan fingerprint density at radius 2 is 2.24 bits per heavy atom. The van der Waals surface area contributed by atoms with Gasteiger partial charge in [0.15, 0.2) is 11.7 Å². The Hall–Kier alpha value is -2.06. The summed E-state index contributed by atoms with van der Waals surface area (Å²) in [6, 6.07) is 3.32. The number of nitrogens with one attached hydrogen (secondary N) is 3. The van der Waals surface area contributed by atoms with Crippen molar-refractivity contribution in [2.24, 2.45) is 4.99 Å². The molecule has 8 nitrogen and oxygen atoms in total. The lowest BCUT2D eigenvalue weighted by atomic mass is 10.3. The van der Waals surface area contributed by atoms with Gasteiger partial charge in [-0.3, -0.25) is 9.79 Å². The van der Waals surface area contributed by atoms with Gasteiger partial charge in [0.2, 0.25) is 0 Å². The normalized spacial score (nSPS) is 17.5. The number of amides is 1. The molecule has 1 aliphatic heterocycles. The van der Waals surface area contributed by atoms with Gasteiger partial charge >= 0.3 is 0 Å². The van der Waals surface area contributed by atoms with Crippen molar-refractivity contribution in [1.29, 1.82) is 0 Å². The van der Waals surface area contributed by atoms with Gasteiger partial charge in [0.25, 0.3) is 5.91 Å². The Morgan fingerprint density at radius 1 is 1.36 bits per heavy atom. The van der Waals surface area contributed by atoms with Crippen LogP contribution in [0, 0.1) is 0 Å². The highest BCUT2D eigenvalue weighted by molar-refractivity contribution is 5.91. The highest BCUT2D eigenvalue weighted by Gasteiger charge is 2.15. The molecule has 1 unspecified atom stereocenters. The molecule has 1 amide bonds. The Balaban J connectivity index is 1.57. The minimum absolute atomic E-state index is 0.221. The van der Waals surface area contributed by atoms with Crippen LogP contribution in [0.4, 0.5) is 0 Å². The topological polar surface area (TPSA) is 97.1 Å². The smallest absolute Gasteiger partial charge is 0.287 e. The molecule has 25 heavy (non-hydrogen) atoms. The highest BCUT2D eigenvalue weighted by Crippen LogP contribution is 2.08. The summed E-state index contributed by atoms with van der Waals surface area (Å²) in [5.41, 5.74) is 0. The summed E-state index contributed by atoms with van der Waals surface area (Å²) >= 11 is 0. The number of carbonyl (C=O) groups excluding carboxylic acids is 1. The molecule has 0 aliphatic carbocycles. The number of nitrogens with zero attached hydrogens (tertiary/aromatic N) is 1. The molecule has 3 N–H and O–H groups in total. The fourth-order valence-electron chi connectivity index (χ4n) is 2.34. The van der Waals surface area contributed by atoms with Crippen molar-refractivity contribution in [3.05, 3.63) is 24.2 Å². The number of guanidine groups is 1. The molecule has 1 aromatic rings. The number of ether oxygens (including phenoxy) is 2. The molecule has 0 saturated carbocycles. The number of hydrogen-bond acceptors (Lipinski definition) is 5. The molecule has 0 radical (unpaired) electrons. The molecule has 2 rings (SSSR count). The maximum Gasteiger partial charge on any atom is 0.287 e. The Morgan fingerprint density at radius 3 is 2.96 bits per heavy atom. The van der Waals surface area contributed by atoms with Crippen LogP contribution in [-0.4, -0.2) is 64.0 Å². The molecule has 1 aromatic heterocycles. The van der Waals surface area contributed by atoms with Crippen molar-refractivity contribution in [3.8, 4) is 0 Å². The van der Waals surface area contributed by atoms with Gasteiger partial charge in [-0.15, -0.1) is 0 Å². The molecular formula is C17H28N4O4. The maximum absolute atomic E-state index is 11.7.